The van der Waals surface area contributed by atoms with Crippen molar-refractivity contribution in [1.82, 2.24) is 5.32 Å². The molecule has 1 heterocycles. The number of rotatable bonds is 5. The van der Waals surface area contributed by atoms with E-state index in [1.165, 1.54) is 24.3 Å². The van der Waals surface area contributed by atoms with Crippen LogP contribution < -0.4 is 16.0 Å². The average molecular weight is 474 g/mol. The van der Waals surface area contributed by atoms with E-state index in [1.54, 1.807) is 30.3 Å². The highest BCUT2D eigenvalue weighted by Gasteiger charge is 2.14. The molecule has 0 atom stereocenters. The third kappa shape index (κ3) is 5.08. The summed E-state index contributed by atoms with van der Waals surface area (Å²) in [5.74, 6) is -0.664. The molecule has 9 nitrogen and oxygen atoms in total. The van der Waals surface area contributed by atoms with Crippen LogP contribution in [-0.4, -0.2) is 21.9 Å². The van der Waals surface area contributed by atoms with Crippen molar-refractivity contribution in [2.75, 3.05) is 10.6 Å². The Labute approximate surface area is 198 Å². The molecule has 34 heavy (non-hydrogen) atoms. The standard InChI is InChI=1S/C24H18N4O5S/c1-14-12-17(25-24(34)27-22(29)15-6-9-18(10-7-15)28(31)32)8-11-19(14)26-23(30)21-13-16-4-2-3-5-20(16)33-21/h2-13H,1H3,(H,26,30)(H2,25,27,29,34). The predicted molar refractivity (Wildman–Crippen MR) is 132 cm³/mol. The lowest BCUT2D eigenvalue weighted by Crippen LogP contribution is -2.34. The van der Waals surface area contributed by atoms with Crippen molar-refractivity contribution in [1.29, 1.82) is 0 Å². The van der Waals surface area contributed by atoms with Crippen LogP contribution in [0.15, 0.2) is 77.2 Å². The summed E-state index contributed by atoms with van der Waals surface area (Å²) in [5, 5.41) is 19.9. The van der Waals surface area contributed by atoms with Crippen LogP contribution in [0.2, 0.25) is 0 Å². The molecule has 0 saturated heterocycles. The number of anilines is 2. The summed E-state index contributed by atoms with van der Waals surface area (Å²) in [6.45, 7) is 1.82. The SMILES string of the molecule is Cc1cc(NC(=S)NC(=O)c2ccc([N+](=O)[O-])cc2)ccc1NC(=O)c1cc2ccccc2o1. The second-order valence-corrected chi connectivity index (χ2v) is 7.75. The first kappa shape index (κ1) is 22.6. The van der Waals surface area contributed by atoms with Crippen LogP contribution in [0.1, 0.15) is 26.5 Å². The zero-order valence-corrected chi connectivity index (χ0v) is 18.6. The molecule has 0 spiro atoms. The van der Waals surface area contributed by atoms with Crippen molar-refractivity contribution in [3.63, 3.8) is 0 Å². The minimum Gasteiger partial charge on any atom is -0.451 e. The number of furan rings is 1. The van der Waals surface area contributed by atoms with Gasteiger partial charge < -0.3 is 15.1 Å². The number of nitro benzene ring substituents is 1. The third-order valence-electron chi connectivity index (χ3n) is 4.95. The van der Waals surface area contributed by atoms with E-state index in [1.807, 2.05) is 25.1 Å². The Hall–Kier alpha value is -4.57. The number of carbonyl (C=O) groups excluding carboxylic acids is 2. The topological polar surface area (TPSA) is 127 Å². The van der Waals surface area contributed by atoms with Crippen LogP contribution in [-0.2, 0) is 0 Å². The van der Waals surface area contributed by atoms with Crippen molar-refractivity contribution < 1.29 is 18.9 Å². The molecule has 0 bridgehead atoms. The van der Waals surface area contributed by atoms with Crippen molar-refractivity contribution >= 4 is 57.2 Å². The number of nitrogens with one attached hydrogen (secondary N) is 3. The summed E-state index contributed by atoms with van der Waals surface area (Å²) < 4.78 is 5.59. The first-order chi connectivity index (χ1) is 16.3. The Balaban J connectivity index is 1.37. The number of thiocarbonyl (C=S) groups is 1. The minimum absolute atomic E-state index is 0.0572. The number of nitro groups is 1. The summed E-state index contributed by atoms with van der Waals surface area (Å²) >= 11 is 5.19. The normalized spacial score (nSPS) is 10.5. The number of amides is 2. The molecule has 4 aromatic rings. The van der Waals surface area contributed by atoms with Crippen LogP contribution in [0.25, 0.3) is 11.0 Å². The Morgan fingerprint density at radius 1 is 0.941 bits per heavy atom. The van der Waals surface area contributed by atoms with Gasteiger partial charge in [-0.3, -0.25) is 25.0 Å². The number of fused-ring (bicyclic) bond motifs is 1. The van der Waals surface area contributed by atoms with Gasteiger partial charge in [0.15, 0.2) is 10.9 Å². The number of hydrogen-bond donors (Lipinski definition) is 3. The van der Waals surface area contributed by atoms with Gasteiger partial charge in [-0.15, -0.1) is 0 Å². The number of aryl methyl sites for hydroxylation is 1. The Morgan fingerprint density at radius 2 is 1.68 bits per heavy atom. The second kappa shape index (κ2) is 9.51. The molecule has 0 fully saturated rings. The van der Waals surface area contributed by atoms with Gasteiger partial charge in [-0.25, -0.2) is 0 Å². The smallest absolute Gasteiger partial charge is 0.291 e. The van der Waals surface area contributed by atoms with E-state index in [0.717, 1.165) is 10.9 Å². The molecule has 2 amide bonds. The number of para-hydroxylation sites is 1. The molecular weight excluding hydrogens is 456 g/mol. The zero-order valence-electron chi connectivity index (χ0n) is 17.8. The van der Waals surface area contributed by atoms with E-state index in [-0.39, 0.29) is 28.0 Å². The Bertz CT molecular complexity index is 1400. The number of hydrogen-bond acceptors (Lipinski definition) is 6. The summed E-state index contributed by atoms with van der Waals surface area (Å²) in [4.78, 5) is 35.1. The molecule has 0 aliphatic carbocycles. The lowest BCUT2D eigenvalue weighted by Gasteiger charge is -2.12. The third-order valence-corrected chi connectivity index (χ3v) is 5.15. The second-order valence-electron chi connectivity index (χ2n) is 7.34. The fraction of sp³-hybridized carbons (Fsp3) is 0.0417. The van der Waals surface area contributed by atoms with Crippen molar-refractivity contribution in [2.45, 2.75) is 6.92 Å². The molecule has 0 saturated carbocycles. The lowest BCUT2D eigenvalue weighted by atomic mass is 10.1. The van der Waals surface area contributed by atoms with Gasteiger partial charge in [-0.2, -0.15) is 0 Å². The van der Waals surface area contributed by atoms with E-state index >= 15 is 0 Å². The molecule has 0 radical (unpaired) electrons. The minimum atomic E-state index is -0.543. The average Bonchev–Trinajstić information content (AvgIpc) is 3.25. The van der Waals surface area contributed by atoms with E-state index in [9.17, 15) is 19.7 Å². The Kier molecular flexibility index (Phi) is 6.33. The highest BCUT2D eigenvalue weighted by molar-refractivity contribution is 7.80. The van der Waals surface area contributed by atoms with Gasteiger partial charge >= 0.3 is 0 Å². The molecule has 3 aromatic carbocycles. The summed E-state index contributed by atoms with van der Waals surface area (Å²) in [6.07, 6.45) is 0. The first-order valence-corrected chi connectivity index (χ1v) is 10.5. The highest BCUT2D eigenvalue weighted by atomic mass is 32.1. The van der Waals surface area contributed by atoms with Gasteiger partial charge in [0, 0.05) is 34.5 Å². The zero-order chi connectivity index (χ0) is 24.2. The van der Waals surface area contributed by atoms with Crippen LogP contribution in [0.4, 0.5) is 17.1 Å². The predicted octanol–water partition coefficient (Wildman–Crippen LogP) is 5.03. The van der Waals surface area contributed by atoms with Gasteiger partial charge in [0.1, 0.15) is 5.58 Å². The van der Waals surface area contributed by atoms with E-state index in [4.69, 9.17) is 16.6 Å². The fourth-order valence-electron chi connectivity index (χ4n) is 3.23. The number of benzene rings is 3. The van der Waals surface area contributed by atoms with Crippen molar-refractivity contribution in [2.24, 2.45) is 0 Å². The van der Waals surface area contributed by atoms with Crippen molar-refractivity contribution in [3.05, 3.63) is 99.8 Å². The number of nitrogens with zero attached hydrogens (tertiary/aromatic N) is 1. The molecule has 4 rings (SSSR count). The first-order valence-electron chi connectivity index (χ1n) is 10.1. The van der Waals surface area contributed by atoms with Crippen LogP contribution in [0.3, 0.4) is 0 Å². The number of non-ortho nitro benzene ring substituents is 1. The lowest BCUT2D eigenvalue weighted by molar-refractivity contribution is -0.384. The largest absolute Gasteiger partial charge is 0.451 e. The molecule has 1 aromatic heterocycles. The monoisotopic (exact) mass is 474 g/mol. The van der Waals surface area contributed by atoms with E-state index < -0.39 is 10.8 Å². The maximum Gasteiger partial charge on any atom is 0.291 e. The molecule has 3 N–H and O–H groups in total. The van der Waals surface area contributed by atoms with Crippen LogP contribution >= 0.6 is 12.2 Å². The van der Waals surface area contributed by atoms with Gasteiger partial charge in [-0.1, -0.05) is 18.2 Å². The molecular formula is C24H18N4O5S. The van der Waals surface area contributed by atoms with Crippen molar-refractivity contribution in [3.8, 4) is 0 Å². The van der Waals surface area contributed by atoms with Gasteiger partial charge in [-0.05, 0) is 67.2 Å². The van der Waals surface area contributed by atoms with E-state index in [0.29, 0.717) is 17.0 Å². The molecule has 0 aliphatic rings. The molecule has 0 unspecified atom stereocenters. The Morgan fingerprint density at radius 3 is 2.35 bits per heavy atom. The van der Waals surface area contributed by atoms with Gasteiger partial charge in [0.25, 0.3) is 17.5 Å². The van der Waals surface area contributed by atoms with Crippen LogP contribution in [0, 0.1) is 17.0 Å². The summed E-state index contributed by atoms with van der Waals surface area (Å²) in [7, 11) is 0. The molecule has 170 valence electrons. The fourth-order valence-corrected chi connectivity index (χ4v) is 3.44. The van der Waals surface area contributed by atoms with E-state index in [2.05, 4.69) is 16.0 Å². The molecule has 10 heteroatoms. The maximum absolute atomic E-state index is 12.6. The molecule has 0 aliphatic heterocycles. The maximum atomic E-state index is 12.6. The quantitative estimate of drug-likeness (QED) is 0.210. The van der Waals surface area contributed by atoms with Crippen LogP contribution in [0.5, 0.6) is 0 Å². The summed E-state index contributed by atoms with van der Waals surface area (Å²) in [5.41, 5.74) is 2.71. The van der Waals surface area contributed by atoms with Gasteiger partial charge in [0.2, 0.25) is 0 Å². The highest BCUT2D eigenvalue weighted by Crippen LogP contribution is 2.23. The summed E-state index contributed by atoms with van der Waals surface area (Å²) in [6, 6.07) is 19.4. The van der Waals surface area contributed by atoms with Gasteiger partial charge in [0.05, 0.1) is 4.92 Å². The number of carbonyl (C=O) groups is 2.